The van der Waals surface area contributed by atoms with E-state index in [0.29, 0.717) is 23.6 Å². The van der Waals surface area contributed by atoms with E-state index in [9.17, 15) is 9.18 Å². The second-order valence-corrected chi connectivity index (χ2v) is 6.99. The molecular formula is C21H21FN4O. The van der Waals surface area contributed by atoms with Gasteiger partial charge in [-0.2, -0.15) is 0 Å². The molecule has 0 spiro atoms. The Bertz CT molecular complexity index is 920. The second kappa shape index (κ2) is 7.53. The van der Waals surface area contributed by atoms with E-state index < -0.39 is 5.91 Å². The number of primary amides is 1. The zero-order chi connectivity index (χ0) is 19.4. The first kappa shape index (κ1) is 18.5. The SMILES string of the molecule is CC(C)(CNc1ccc(-c2ccc(C(N)=O)cc2)nn1)c1ccc(F)cc1. The maximum atomic E-state index is 13.1. The van der Waals surface area contributed by atoms with Crippen molar-refractivity contribution in [2.45, 2.75) is 19.3 Å². The summed E-state index contributed by atoms with van der Waals surface area (Å²) in [5, 5.41) is 11.7. The number of carbonyl (C=O) groups excluding carboxylic acids is 1. The molecule has 1 amide bonds. The molecule has 3 aromatic rings. The number of carbonyl (C=O) groups is 1. The Morgan fingerprint density at radius 1 is 1.00 bits per heavy atom. The lowest BCUT2D eigenvalue weighted by atomic mass is 9.84. The molecule has 0 bridgehead atoms. The number of hydrogen-bond donors (Lipinski definition) is 2. The minimum absolute atomic E-state index is 0.196. The molecule has 2 aromatic carbocycles. The summed E-state index contributed by atoms with van der Waals surface area (Å²) in [7, 11) is 0. The van der Waals surface area contributed by atoms with Crippen LogP contribution in [0.3, 0.4) is 0 Å². The van der Waals surface area contributed by atoms with Gasteiger partial charge in [0.1, 0.15) is 11.6 Å². The standard InChI is InChI=1S/C21H21FN4O/c1-21(2,16-7-9-17(22)10-8-16)13-24-19-12-11-18(25-26-19)14-3-5-15(6-4-14)20(23)27/h3-12H,13H2,1-2H3,(H2,23,27)(H,24,26). The number of aromatic nitrogens is 2. The molecular weight excluding hydrogens is 343 g/mol. The van der Waals surface area contributed by atoms with Gasteiger partial charge in [0, 0.05) is 23.1 Å². The predicted octanol–water partition coefficient (Wildman–Crippen LogP) is 3.77. The Balaban J connectivity index is 1.66. The van der Waals surface area contributed by atoms with Crippen LogP contribution in [0.15, 0.2) is 60.7 Å². The van der Waals surface area contributed by atoms with Gasteiger partial charge in [-0.15, -0.1) is 10.2 Å². The molecule has 138 valence electrons. The fourth-order valence-electron chi connectivity index (χ4n) is 2.70. The Morgan fingerprint density at radius 3 is 2.22 bits per heavy atom. The molecule has 0 unspecified atom stereocenters. The normalized spacial score (nSPS) is 11.2. The Morgan fingerprint density at radius 2 is 1.67 bits per heavy atom. The first-order valence-electron chi connectivity index (χ1n) is 8.59. The largest absolute Gasteiger partial charge is 0.368 e. The van der Waals surface area contributed by atoms with Crippen LogP contribution in [-0.4, -0.2) is 22.6 Å². The molecule has 1 heterocycles. The van der Waals surface area contributed by atoms with Crippen molar-refractivity contribution in [2.75, 3.05) is 11.9 Å². The third-order valence-corrected chi connectivity index (χ3v) is 4.47. The third-order valence-electron chi connectivity index (χ3n) is 4.47. The highest BCUT2D eigenvalue weighted by Gasteiger charge is 2.20. The smallest absolute Gasteiger partial charge is 0.248 e. The fourth-order valence-corrected chi connectivity index (χ4v) is 2.70. The van der Waals surface area contributed by atoms with Crippen LogP contribution in [0.5, 0.6) is 0 Å². The zero-order valence-corrected chi connectivity index (χ0v) is 15.2. The van der Waals surface area contributed by atoms with Gasteiger partial charge in [-0.1, -0.05) is 38.1 Å². The molecule has 6 heteroatoms. The molecule has 27 heavy (non-hydrogen) atoms. The Kier molecular flexibility index (Phi) is 5.16. The molecule has 1 aromatic heterocycles. The van der Waals surface area contributed by atoms with Gasteiger partial charge in [0.05, 0.1) is 5.69 Å². The molecule has 0 saturated carbocycles. The molecule has 3 rings (SSSR count). The minimum Gasteiger partial charge on any atom is -0.368 e. The van der Waals surface area contributed by atoms with E-state index in [1.54, 1.807) is 36.4 Å². The van der Waals surface area contributed by atoms with Crippen LogP contribution < -0.4 is 11.1 Å². The van der Waals surface area contributed by atoms with Gasteiger partial charge >= 0.3 is 0 Å². The van der Waals surface area contributed by atoms with Crippen LogP contribution in [0, 0.1) is 5.82 Å². The van der Waals surface area contributed by atoms with Crippen LogP contribution in [0.2, 0.25) is 0 Å². The third kappa shape index (κ3) is 4.47. The molecule has 0 aliphatic carbocycles. The van der Waals surface area contributed by atoms with Crippen LogP contribution in [0.1, 0.15) is 29.8 Å². The molecule has 0 fully saturated rings. The average Bonchev–Trinajstić information content (AvgIpc) is 2.67. The van der Waals surface area contributed by atoms with Crippen LogP contribution >= 0.6 is 0 Å². The number of halogens is 1. The number of nitrogens with zero attached hydrogens (tertiary/aromatic N) is 2. The Labute approximate surface area is 157 Å². The van der Waals surface area contributed by atoms with Crippen molar-refractivity contribution in [3.05, 3.63) is 77.6 Å². The molecule has 3 N–H and O–H groups in total. The predicted molar refractivity (Wildman–Crippen MR) is 104 cm³/mol. The van der Waals surface area contributed by atoms with E-state index in [2.05, 4.69) is 29.4 Å². The van der Waals surface area contributed by atoms with E-state index in [4.69, 9.17) is 5.73 Å². The molecule has 0 radical (unpaired) electrons. The monoisotopic (exact) mass is 364 g/mol. The summed E-state index contributed by atoms with van der Waals surface area (Å²) in [4.78, 5) is 11.1. The molecule has 0 aliphatic rings. The van der Waals surface area contributed by atoms with Gasteiger partial charge in [0.25, 0.3) is 0 Å². The number of amides is 1. The van der Waals surface area contributed by atoms with Crippen molar-refractivity contribution >= 4 is 11.7 Å². The maximum absolute atomic E-state index is 13.1. The summed E-state index contributed by atoms with van der Waals surface area (Å²) in [5.74, 6) is -0.0496. The van der Waals surface area contributed by atoms with Gasteiger partial charge in [-0.05, 0) is 42.0 Å². The summed E-state index contributed by atoms with van der Waals surface area (Å²) in [5.41, 5.74) is 8.10. The van der Waals surface area contributed by atoms with Gasteiger partial charge in [0.2, 0.25) is 5.91 Å². The molecule has 0 aliphatic heterocycles. The second-order valence-electron chi connectivity index (χ2n) is 6.99. The average molecular weight is 364 g/mol. The summed E-state index contributed by atoms with van der Waals surface area (Å²) < 4.78 is 13.1. The van der Waals surface area contributed by atoms with Gasteiger partial charge in [-0.25, -0.2) is 4.39 Å². The van der Waals surface area contributed by atoms with Crippen molar-refractivity contribution in [3.8, 4) is 11.3 Å². The lowest BCUT2D eigenvalue weighted by Gasteiger charge is -2.25. The summed E-state index contributed by atoms with van der Waals surface area (Å²) in [6, 6.07) is 17.1. The van der Waals surface area contributed by atoms with Crippen LogP contribution in [0.25, 0.3) is 11.3 Å². The van der Waals surface area contributed by atoms with E-state index in [0.717, 1.165) is 11.1 Å². The number of nitrogens with one attached hydrogen (secondary N) is 1. The Hall–Kier alpha value is -3.28. The first-order valence-corrected chi connectivity index (χ1v) is 8.59. The number of rotatable bonds is 6. The summed E-state index contributed by atoms with van der Waals surface area (Å²) in [6.45, 7) is 4.78. The zero-order valence-electron chi connectivity index (χ0n) is 15.2. The summed E-state index contributed by atoms with van der Waals surface area (Å²) >= 11 is 0. The van der Waals surface area contributed by atoms with E-state index >= 15 is 0 Å². The fraction of sp³-hybridized carbons (Fsp3) is 0.190. The van der Waals surface area contributed by atoms with Crippen molar-refractivity contribution in [1.82, 2.24) is 10.2 Å². The van der Waals surface area contributed by atoms with Gasteiger partial charge in [0.15, 0.2) is 0 Å². The molecule has 0 saturated heterocycles. The highest BCUT2D eigenvalue weighted by Crippen LogP contribution is 2.24. The van der Waals surface area contributed by atoms with E-state index in [1.807, 2.05) is 12.1 Å². The number of anilines is 1. The quantitative estimate of drug-likeness (QED) is 0.698. The van der Waals surface area contributed by atoms with Crippen molar-refractivity contribution in [1.29, 1.82) is 0 Å². The number of benzene rings is 2. The van der Waals surface area contributed by atoms with Crippen molar-refractivity contribution in [3.63, 3.8) is 0 Å². The van der Waals surface area contributed by atoms with Crippen LogP contribution in [-0.2, 0) is 5.41 Å². The topological polar surface area (TPSA) is 80.9 Å². The summed E-state index contributed by atoms with van der Waals surface area (Å²) in [6.07, 6.45) is 0. The van der Waals surface area contributed by atoms with Gasteiger partial charge < -0.3 is 11.1 Å². The van der Waals surface area contributed by atoms with E-state index in [1.165, 1.54) is 12.1 Å². The highest BCUT2D eigenvalue weighted by atomic mass is 19.1. The van der Waals surface area contributed by atoms with E-state index in [-0.39, 0.29) is 11.2 Å². The maximum Gasteiger partial charge on any atom is 0.248 e. The lowest BCUT2D eigenvalue weighted by molar-refractivity contribution is 0.100. The number of hydrogen-bond acceptors (Lipinski definition) is 4. The van der Waals surface area contributed by atoms with Crippen molar-refractivity contribution < 1.29 is 9.18 Å². The highest BCUT2D eigenvalue weighted by molar-refractivity contribution is 5.93. The molecule has 0 atom stereocenters. The molecule has 5 nitrogen and oxygen atoms in total. The van der Waals surface area contributed by atoms with Crippen molar-refractivity contribution in [2.24, 2.45) is 5.73 Å². The van der Waals surface area contributed by atoms with Crippen LogP contribution in [0.4, 0.5) is 10.2 Å². The van der Waals surface area contributed by atoms with Gasteiger partial charge in [-0.3, -0.25) is 4.79 Å². The first-order chi connectivity index (χ1) is 12.8. The lowest BCUT2D eigenvalue weighted by Crippen LogP contribution is -2.28. The minimum atomic E-state index is -0.462. The number of nitrogens with two attached hydrogens (primary N) is 1.